The van der Waals surface area contributed by atoms with Gasteiger partial charge in [-0.05, 0) is 65.6 Å². The highest BCUT2D eigenvalue weighted by Crippen LogP contribution is 2.43. The first-order valence-corrected chi connectivity index (χ1v) is 10.4. The van der Waals surface area contributed by atoms with E-state index in [1.54, 1.807) is 0 Å². The summed E-state index contributed by atoms with van der Waals surface area (Å²) in [6.45, 7) is 0.790. The Morgan fingerprint density at radius 2 is 1.79 bits per heavy atom. The fourth-order valence-electron chi connectivity index (χ4n) is 4.57. The lowest BCUT2D eigenvalue weighted by Gasteiger charge is -2.24. The number of hydrogen-bond acceptors (Lipinski definition) is 5. The van der Waals surface area contributed by atoms with E-state index in [0.717, 1.165) is 43.5 Å². The van der Waals surface area contributed by atoms with Crippen LogP contribution >= 0.6 is 0 Å². The Labute approximate surface area is 164 Å². The number of rotatable bonds is 3. The summed E-state index contributed by atoms with van der Waals surface area (Å²) < 4.78 is 6.07. The van der Waals surface area contributed by atoms with Crippen molar-refractivity contribution in [3.63, 3.8) is 0 Å². The molecule has 2 aliphatic rings. The summed E-state index contributed by atoms with van der Waals surface area (Å²) in [5.41, 5.74) is 7.04. The average molecular weight is 375 g/mol. The van der Waals surface area contributed by atoms with Crippen LogP contribution in [0.1, 0.15) is 61.6 Å². The molecule has 28 heavy (non-hydrogen) atoms. The first kappa shape index (κ1) is 17.5. The topological polar surface area (TPSA) is 76.6 Å². The van der Waals surface area contributed by atoms with Crippen LogP contribution in [0.15, 0.2) is 30.3 Å². The summed E-state index contributed by atoms with van der Waals surface area (Å²) in [7, 11) is 0. The molecule has 0 amide bonds. The van der Waals surface area contributed by atoms with Crippen LogP contribution in [0, 0.1) is 0 Å². The molecule has 144 valence electrons. The zero-order valence-corrected chi connectivity index (χ0v) is 16.0. The maximum Gasteiger partial charge on any atom is 0.182 e. The van der Waals surface area contributed by atoms with Gasteiger partial charge in [-0.1, -0.05) is 43.2 Å². The van der Waals surface area contributed by atoms with E-state index in [1.807, 2.05) is 0 Å². The predicted octanol–water partition coefficient (Wildman–Crippen LogP) is 4.44. The second-order valence-electron chi connectivity index (χ2n) is 7.70. The molecule has 0 saturated carbocycles. The van der Waals surface area contributed by atoms with Crippen LogP contribution in [0.4, 0.5) is 0 Å². The van der Waals surface area contributed by atoms with Gasteiger partial charge in [0, 0.05) is 12.3 Å². The van der Waals surface area contributed by atoms with Crippen LogP contribution in [0.3, 0.4) is 0 Å². The monoisotopic (exact) mass is 375 g/mol. The van der Waals surface area contributed by atoms with Gasteiger partial charge in [0.15, 0.2) is 5.82 Å². The molecule has 0 radical (unpaired) electrons. The summed E-state index contributed by atoms with van der Waals surface area (Å²) >= 11 is 0. The number of aromatic nitrogens is 5. The Hall–Kier alpha value is -2.60. The standard InChI is InChI=1S/C22H25N5O/c1-2-7-12-17-16(11-6-1)19(15-9-4-3-5-10-15)20(22-24-26-27-25-22)21(23-17)18-13-8-14-28-18/h3-5,9-10,18H,1-2,6-8,11-14H2,(H,24,25,26,27). The van der Waals surface area contributed by atoms with E-state index in [4.69, 9.17) is 9.72 Å². The lowest BCUT2D eigenvalue weighted by Crippen LogP contribution is -2.13. The number of fused-ring (bicyclic) bond motifs is 1. The van der Waals surface area contributed by atoms with Crippen molar-refractivity contribution >= 4 is 0 Å². The molecule has 5 rings (SSSR count). The Kier molecular flexibility index (Phi) is 4.87. The van der Waals surface area contributed by atoms with Crippen molar-refractivity contribution in [2.45, 2.75) is 57.5 Å². The van der Waals surface area contributed by atoms with Crippen molar-refractivity contribution in [1.82, 2.24) is 25.6 Å². The molecule has 1 fully saturated rings. The summed E-state index contributed by atoms with van der Waals surface area (Å²) in [6.07, 6.45) is 9.11. The van der Waals surface area contributed by atoms with Gasteiger partial charge in [0.2, 0.25) is 0 Å². The van der Waals surface area contributed by atoms with Gasteiger partial charge in [-0.3, -0.25) is 4.98 Å². The first-order valence-electron chi connectivity index (χ1n) is 10.4. The highest BCUT2D eigenvalue weighted by Gasteiger charge is 2.30. The Bertz CT molecular complexity index is 933. The van der Waals surface area contributed by atoms with Gasteiger partial charge >= 0.3 is 0 Å². The van der Waals surface area contributed by atoms with Crippen LogP contribution in [0.5, 0.6) is 0 Å². The van der Waals surface area contributed by atoms with Crippen molar-refractivity contribution in [3.8, 4) is 22.5 Å². The van der Waals surface area contributed by atoms with E-state index < -0.39 is 0 Å². The molecule has 6 nitrogen and oxygen atoms in total. The van der Waals surface area contributed by atoms with Crippen LogP contribution in [0.25, 0.3) is 22.5 Å². The first-order chi connectivity index (χ1) is 13.9. The highest BCUT2D eigenvalue weighted by molar-refractivity contribution is 5.85. The number of tetrazole rings is 1. The molecule has 3 aromatic rings. The lowest BCUT2D eigenvalue weighted by atomic mass is 9.85. The summed E-state index contributed by atoms with van der Waals surface area (Å²) in [4.78, 5) is 5.20. The van der Waals surface area contributed by atoms with Crippen molar-refractivity contribution in [1.29, 1.82) is 0 Å². The minimum absolute atomic E-state index is 0.0123. The number of hydrogen-bond donors (Lipinski definition) is 1. The van der Waals surface area contributed by atoms with Gasteiger partial charge in [0.05, 0.1) is 11.3 Å². The number of pyridine rings is 1. The number of aryl methyl sites for hydroxylation is 1. The van der Waals surface area contributed by atoms with Gasteiger partial charge in [-0.15, -0.1) is 5.10 Å². The van der Waals surface area contributed by atoms with Crippen molar-refractivity contribution in [2.24, 2.45) is 0 Å². The predicted molar refractivity (Wildman–Crippen MR) is 107 cm³/mol. The third kappa shape index (κ3) is 3.22. The van der Waals surface area contributed by atoms with E-state index in [0.29, 0.717) is 5.82 Å². The number of ether oxygens (including phenoxy) is 1. The minimum Gasteiger partial charge on any atom is -0.372 e. The normalized spacial score (nSPS) is 19.8. The molecule has 0 bridgehead atoms. The molecular formula is C22H25N5O. The van der Waals surface area contributed by atoms with Crippen molar-refractivity contribution < 1.29 is 4.74 Å². The second kappa shape index (κ2) is 7.80. The molecule has 1 saturated heterocycles. The van der Waals surface area contributed by atoms with Gasteiger partial charge in [0.1, 0.15) is 6.10 Å². The highest BCUT2D eigenvalue weighted by atomic mass is 16.5. The van der Waals surface area contributed by atoms with E-state index in [9.17, 15) is 0 Å². The summed E-state index contributed by atoms with van der Waals surface area (Å²) in [5, 5.41) is 15.0. The van der Waals surface area contributed by atoms with Crippen LogP contribution < -0.4 is 0 Å². The van der Waals surface area contributed by atoms with Gasteiger partial charge in [-0.2, -0.15) is 0 Å². The zero-order chi connectivity index (χ0) is 18.8. The molecule has 1 atom stereocenters. The summed E-state index contributed by atoms with van der Waals surface area (Å²) in [5.74, 6) is 0.682. The lowest BCUT2D eigenvalue weighted by molar-refractivity contribution is 0.109. The molecule has 3 heterocycles. The van der Waals surface area contributed by atoms with Crippen LogP contribution in [-0.4, -0.2) is 32.2 Å². The number of nitrogens with one attached hydrogen (secondary N) is 1. The zero-order valence-electron chi connectivity index (χ0n) is 16.0. The molecule has 1 unspecified atom stereocenters. The third-order valence-corrected chi connectivity index (χ3v) is 5.88. The number of aromatic amines is 1. The molecule has 1 aliphatic heterocycles. The Balaban J connectivity index is 1.81. The fourth-order valence-corrected chi connectivity index (χ4v) is 4.57. The maximum absolute atomic E-state index is 6.07. The SMILES string of the molecule is c1ccc(-c2c3c(nc(C4CCCO4)c2-c2nnn[nH]2)CCCCCC3)cc1. The molecular weight excluding hydrogens is 350 g/mol. The van der Waals surface area contributed by atoms with Crippen molar-refractivity contribution in [2.75, 3.05) is 6.61 Å². The fraction of sp³-hybridized carbons (Fsp3) is 0.455. The minimum atomic E-state index is 0.0123. The molecule has 0 spiro atoms. The Morgan fingerprint density at radius 1 is 0.929 bits per heavy atom. The van der Waals surface area contributed by atoms with E-state index in [1.165, 1.54) is 48.1 Å². The Morgan fingerprint density at radius 3 is 2.54 bits per heavy atom. The smallest absolute Gasteiger partial charge is 0.182 e. The summed E-state index contributed by atoms with van der Waals surface area (Å²) in [6, 6.07) is 10.6. The number of nitrogens with zero attached hydrogens (tertiary/aromatic N) is 4. The quantitative estimate of drug-likeness (QED) is 0.732. The largest absolute Gasteiger partial charge is 0.372 e. The van der Waals surface area contributed by atoms with Gasteiger partial charge < -0.3 is 4.74 Å². The van der Waals surface area contributed by atoms with Gasteiger partial charge in [-0.25, -0.2) is 5.10 Å². The van der Waals surface area contributed by atoms with E-state index in [2.05, 4.69) is 51.0 Å². The second-order valence-corrected chi connectivity index (χ2v) is 7.70. The van der Waals surface area contributed by atoms with Crippen LogP contribution in [0.2, 0.25) is 0 Å². The molecule has 1 aromatic carbocycles. The molecule has 6 heteroatoms. The van der Waals surface area contributed by atoms with Gasteiger partial charge in [0.25, 0.3) is 0 Å². The number of benzene rings is 1. The molecule has 1 N–H and O–H groups in total. The van der Waals surface area contributed by atoms with E-state index >= 15 is 0 Å². The van der Waals surface area contributed by atoms with E-state index in [-0.39, 0.29) is 6.10 Å². The average Bonchev–Trinajstić information content (AvgIpc) is 3.42. The third-order valence-electron chi connectivity index (χ3n) is 5.88. The maximum atomic E-state index is 6.07. The van der Waals surface area contributed by atoms with Crippen LogP contribution in [-0.2, 0) is 17.6 Å². The molecule has 2 aromatic heterocycles. The molecule has 1 aliphatic carbocycles. The van der Waals surface area contributed by atoms with Crippen molar-refractivity contribution in [3.05, 3.63) is 47.3 Å². The number of H-pyrrole nitrogens is 1.